The SMILES string of the molecule is CCC(=S)CCCCCC(=N)N. The van der Waals surface area contributed by atoms with Gasteiger partial charge in [-0.15, -0.1) is 0 Å². The predicted octanol–water partition coefficient (Wildman–Crippen LogP) is 2.65. The van der Waals surface area contributed by atoms with Crippen molar-refractivity contribution in [2.45, 2.75) is 45.4 Å². The zero-order valence-corrected chi connectivity index (χ0v) is 8.54. The second kappa shape index (κ2) is 7.22. The highest BCUT2D eigenvalue weighted by Gasteiger charge is 1.94. The van der Waals surface area contributed by atoms with Gasteiger partial charge >= 0.3 is 0 Å². The van der Waals surface area contributed by atoms with Gasteiger partial charge in [-0.25, -0.2) is 0 Å². The van der Waals surface area contributed by atoms with Crippen molar-refractivity contribution in [1.29, 1.82) is 5.41 Å². The van der Waals surface area contributed by atoms with Crippen molar-refractivity contribution in [3.63, 3.8) is 0 Å². The molecule has 0 heterocycles. The molecule has 70 valence electrons. The van der Waals surface area contributed by atoms with Crippen molar-refractivity contribution in [2.75, 3.05) is 0 Å². The fourth-order valence-electron chi connectivity index (χ4n) is 0.991. The molecule has 12 heavy (non-hydrogen) atoms. The summed E-state index contributed by atoms with van der Waals surface area (Å²) in [4.78, 5) is 1.16. The lowest BCUT2D eigenvalue weighted by Gasteiger charge is -2.00. The molecule has 0 saturated heterocycles. The molecule has 3 heteroatoms. The Morgan fingerprint density at radius 2 is 1.83 bits per heavy atom. The molecule has 0 spiro atoms. The third kappa shape index (κ3) is 7.66. The van der Waals surface area contributed by atoms with Crippen molar-refractivity contribution < 1.29 is 0 Å². The smallest absolute Gasteiger partial charge is 0.0905 e. The van der Waals surface area contributed by atoms with E-state index in [1.54, 1.807) is 0 Å². The summed E-state index contributed by atoms with van der Waals surface area (Å²) in [5.41, 5.74) is 5.22. The maximum atomic E-state index is 7.00. The van der Waals surface area contributed by atoms with E-state index in [1.807, 2.05) is 0 Å². The monoisotopic (exact) mass is 186 g/mol. The van der Waals surface area contributed by atoms with Crippen molar-refractivity contribution in [2.24, 2.45) is 5.73 Å². The van der Waals surface area contributed by atoms with E-state index in [0.717, 1.165) is 43.4 Å². The molecule has 0 saturated carbocycles. The van der Waals surface area contributed by atoms with Crippen LogP contribution in [-0.4, -0.2) is 10.7 Å². The van der Waals surface area contributed by atoms with Crippen molar-refractivity contribution in [1.82, 2.24) is 0 Å². The molecule has 0 rings (SSSR count). The first-order valence-electron chi connectivity index (χ1n) is 4.51. The lowest BCUT2D eigenvalue weighted by atomic mass is 10.1. The summed E-state index contributed by atoms with van der Waals surface area (Å²) in [6, 6.07) is 0. The van der Waals surface area contributed by atoms with Gasteiger partial charge in [-0.3, -0.25) is 5.41 Å². The molecule has 0 amide bonds. The quantitative estimate of drug-likeness (QED) is 0.278. The van der Waals surface area contributed by atoms with E-state index in [2.05, 4.69) is 6.92 Å². The Hall–Kier alpha value is -0.440. The van der Waals surface area contributed by atoms with Gasteiger partial charge in [0.2, 0.25) is 0 Å². The fraction of sp³-hybridized carbons (Fsp3) is 0.778. The van der Waals surface area contributed by atoms with E-state index < -0.39 is 0 Å². The molecule has 0 aromatic carbocycles. The van der Waals surface area contributed by atoms with Gasteiger partial charge in [0.1, 0.15) is 0 Å². The summed E-state index contributed by atoms with van der Waals surface area (Å²) in [6.45, 7) is 2.10. The standard InChI is InChI=1S/C9H18N2S/c1-2-8(12)6-4-3-5-7-9(10)11/h2-7H2,1H3,(H3,10,11). The van der Waals surface area contributed by atoms with Crippen LogP contribution in [0.1, 0.15) is 45.4 Å². The molecule has 0 atom stereocenters. The molecule has 0 aliphatic rings. The number of hydrogen-bond donors (Lipinski definition) is 2. The molecule has 0 aromatic rings. The van der Waals surface area contributed by atoms with E-state index in [9.17, 15) is 0 Å². The topological polar surface area (TPSA) is 49.9 Å². The number of nitrogens with two attached hydrogens (primary N) is 1. The van der Waals surface area contributed by atoms with Crippen LogP contribution in [0.3, 0.4) is 0 Å². The number of rotatable bonds is 7. The summed E-state index contributed by atoms with van der Waals surface area (Å²) in [5.74, 6) is 0.299. The molecular weight excluding hydrogens is 168 g/mol. The number of hydrogen-bond acceptors (Lipinski definition) is 2. The third-order valence-electron chi connectivity index (χ3n) is 1.80. The number of thiocarbonyl (C=S) groups is 1. The second-order valence-electron chi connectivity index (χ2n) is 2.98. The maximum absolute atomic E-state index is 7.00. The first-order valence-corrected chi connectivity index (χ1v) is 4.92. The van der Waals surface area contributed by atoms with Gasteiger partial charge in [-0.1, -0.05) is 25.6 Å². The Bertz CT molecular complexity index is 155. The predicted molar refractivity (Wildman–Crippen MR) is 57.9 cm³/mol. The molecule has 0 aromatic heterocycles. The fourth-order valence-corrected chi connectivity index (χ4v) is 1.14. The van der Waals surface area contributed by atoms with Crippen LogP contribution in [0.2, 0.25) is 0 Å². The molecule has 0 aliphatic heterocycles. The van der Waals surface area contributed by atoms with Crippen LogP contribution >= 0.6 is 12.2 Å². The van der Waals surface area contributed by atoms with Crippen molar-refractivity contribution in [3.05, 3.63) is 0 Å². The van der Waals surface area contributed by atoms with Crippen LogP contribution in [0.4, 0.5) is 0 Å². The number of nitrogens with one attached hydrogen (secondary N) is 1. The van der Waals surface area contributed by atoms with Gasteiger partial charge in [-0.05, 0) is 30.5 Å². The van der Waals surface area contributed by atoms with Crippen molar-refractivity contribution >= 4 is 22.9 Å². The average molecular weight is 186 g/mol. The van der Waals surface area contributed by atoms with Crippen LogP contribution in [-0.2, 0) is 0 Å². The highest BCUT2D eigenvalue weighted by molar-refractivity contribution is 7.80. The lowest BCUT2D eigenvalue weighted by molar-refractivity contribution is 0.714. The normalized spacial score (nSPS) is 9.75. The van der Waals surface area contributed by atoms with Crippen LogP contribution in [0.5, 0.6) is 0 Å². The first-order chi connectivity index (χ1) is 5.66. The van der Waals surface area contributed by atoms with Gasteiger partial charge in [-0.2, -0.15) is 0 Å². The maximum Gasteiger partial charge on any atom is 0.0905 e. The molecule has 3 N–H and O–H groups in total. The summed E-state index contributed by atoms with van der Waals surface area (Å²) < 4.78 is 0. The Morgan fingerprint density at radius 3 is 2.33 bits per heavy atom. The third-order valence-corrected chi connectivity index (χ3v) is 2.29. The largest absolute Gasteiger partial charge is 0.388 e. The summed E-state index contributed by atoms with van der Waals surface area (Å²) in [7, 11) is 0. The van der Waals surface area contributed by atoms with Gasteiger partial charge in [0.15, 0.2) is 0 Å². The summed E-state index contributed by atoms with van der Waals surface area (Å²) >= 11 is 5.09. The molecule has 2 nitrogen and oxygen atoms in total. The van der Waals surface area contributed by atoms with Crippen molar-refractivity contribution in [3.8, 4) is 0 Å². The van der Waals surface area contributed by atoms with E-state index in [-0.39, 0.29) is 0 Å². The van der Waals surface area contributed by atoms with E-state index in [0.29, 0.717) is 5.84 Å². The molecule has 0 unspecified atom stereocenters. The van der Waals surface area contributed by atoms with Crippen LogP contribution in [0, 0.1) is 5.41 Å². The molecule has 0 aliphatic carbocycles. The van der Waals surface area contributed by atoms with Gasteiger partial charge in [0.25, 0.3) is 0 Å². The van der Waals surface area contributed by atoms with Crippen LogP contribution in [0.15, 0.2) is 0 Å². The molecular formula is C9H18N2S. The van der Waals surface area contributed by atoms with E-state index >= 15 is 0 Å². The lowest BCUT2D eigenvalue weighted by Crippen LogP contribution is -2.08. The first kappa shape index (κ1) is 11.6. The van der Waals surface area contributed by atoms with Crippen LogP contribution < -0.4 is 5.73 Å². The van der Waals surface area contributed by atoms with Gasteiger partial charge < -0.3 is 5.73 Å². The molecule has 0 bridgehead atoms. The minimum absolute atomic E-state index is 0.299. The molecule has 0 radical (unpaired) electrons. The molecule has 0 fully saturated rings. The number of unbranched alkanes of at least 4 members (excludes halogenated alkanes) is 2. The number of amidine groups is 1. The summed E-state index contributed by atoms with van der Waals surface area (Å²) in [5, 5.41) is 7.00. The van der Waals surface area contributed by atoms with E-state index in [1.165, 1.54) is 0 Å². The van der Waals surface area contributed by atoms with Crippen LogP contribution in [0.25, 0.3) is 0 Å². The Labute approximate surface area is 80.0 Å². The zero-order chi connectivity index (χ0) is 9.40. The second-order valence-corrected chi connectivity index (χ2v) is 3.56. The highest BCUT2D eigenvalue weighted by Crippen LogP contribution is 2.05. The zero-order valence-electron chi connectivity index (χ0n) is 7.73. The van der Waals surface area contributed by atoms with E-state index in [4.69, 9.17) is 23.4 Å². The Balaban J connectivity index is 3.11. The van der Waals surface area contributed by atoms with Gasteiger partial charge in [0, 0.05) is 6.42 Å². The van der Waals surface area contributed by atoms with Gasteiger partial charge in [0.05, 0.1) is 5.84 Å². The Morgan fingerprint density at radius 1 is 1.25 bits per heavy atom. The average Bonchev–Trinajstić information content (AvgIpc) is 2.03. The Kier molecular flexibility index (Phi) is 6.96. The minimum atomic E-state index is 0.299. The highest BCUT2D eigenvalue weighted by atomic mass is 32.1. The minimum Gasteiger partial charge on any atom is -0.388 e. The summed E-state index contributed by atoms with van der Waals surface area (Å²) in [6.07, 6.45) is 6.13.